The number of anilines is 1. The van der Waals surface area contributed by atoms with E-state index in [1.54, 1.807) is 31.2 Å². The van der Waals surface area contributed by atoms with Crippen LogP contribution in [0.5, 0.6) is 5.75 Å². The van der Waals surface area contributed by atoms with Gasteiger partial charge in [-0.2, -0.15) is 0 Å². The first-order valence-electron chi connectivity index (χ1n) is 8.77. The molecule has 0 bridgehead atoms. The second-order valence-electron chi connectivity index (χ2n) is 5.97. The third kappa shape index (κ3) is 4.63. The van der Waals surface area contributed by atoms with Gasteiger partial charge in [-0.3, -0.25) is 4.79 Å². The summed E-state index contributed by atoms with van der Waals surface area (Å²) in [6.45, 7) is 7.86. The standard InChI is InChI=1S/C21H25NO4/c1-5-18(26-19-13-9-10-14(3)15(19)4)20(23)22-17-12-8-7-11-16(17)21(24)25-6-2/h7-13,18H,5-6H2,1-4H3,(H,22,23)/t18-/m1/s1. The Balaban J connectivity index is 2.17. The summed E-state index contributed by atoms with van der Waals surface area (Å²) in [7, 11) is 0. The largest absolute Gasteiger partial charge is 0.480 e. The molecule has 0 saturated heterocycles. The van der Waals surface area contributed by atoms with E-state index in [2.05, 4.69) is 5.32 Å². The second kappa shape index (κ2) is 9.04. The van der Waals surface area contributed by atoms with Gasteiger partial charge in [-0.15, -0.1) is 0 Å². The average Bonchev–Trinajstić information content (AvgIpc) is 2.63. The Morgan fingerprint density at radius 1 is 1.04 bits per heavy atom. The van der Waals surface area contributed by atoms with Crippen LogP contribution >= 0.6 is 0 Å². The Bertz CT molecular complexity index is 785. The predicted octanol–water partition coefficient (Wildman–Crippen LogP) is 4.28. The van der Waals surface area contributed by atoms with E-state index < -0.39 is 12.1 Å². The summed E-state index contributed by atoms with van der Waals surface area (Å²) < 4.78 is 11.0. The summed E-state index contributed by atoms with van der Waals surface area (Å²) in [6.07, 6.45) is -0.161. The van der Waals surface area contributed by atoms with Gasteiger partial charge < -0.3 is 14.8 Å². The van der Waals surface area contributed by atoms with Gasteiger partial charge in [0.15, 0.2) is 6.10 Å². The highest BCUT2D eigenvalue weighted by molar-refractivity contribution is 6.02. The van der Waals surface area contributed by atoms with Crippen LogP contribution in [0.2, 0.25) is 0 Å². The normalized spacial score (nSPS) is 11.5. The number of hydrogen-bond donors (Lipinski definition) is 1. The van der Waals surface area contributed by atoms with E-state index in [9.17, 15) is 9.59 Å². The number of ether oxygens (including phenoxy) is 2. The minimum atomic E-state index is -0.661. The fraction of sp³-hybridized carbons (Fsp3) is 0.333. The van der Waals surface area contributed by atoms with Crippen molar-refractivity contribution in [1.29, 1.82) is 0 Å². The molecule has 2 aromatic rings. The third-order valence-corrected chi connectivity index (χ3v) is 4.17. The molecular formula is C21H25NO4. The van der Waals surface area contributed by atoms with Crippen molar-refractivity contribution in [3.63, 3.8) is 0 Å². The van der Waals surface area contributed by atoms with Crippen molar-refractivity contribution < 1.29 is 19.1 Å². The lowest BCUT2D eigenvalue weighted by molar-refractivity contribution is -0.122. The zero-order chi connectivity index (χ0) is 19.1. The molecule has 0 saturated carbocycles. The summed E-state index contributed by atoms with van der Waals surface area (Å²) in [4.78, 5) is 24.7. The van der Waals surface area contributed by atoms with Gasteiger partial charge >= 0.3 is 5.97 Å². The molecule has 2 rings (SSSR count). The van der Waals surface area contributed by atoms with Gasteiger partial charge in [0.05, 0.1) is 17.9 Å². The number of hydrogen-bond acceptors (Lipinski definition) is 4. The minimum Gasteiger partial charge on any atom is -0.480 e. The van der Waals surface area contributed by atoms with Crippen molar-refractivity contribution in [3.05, 3.63) is 59.2 Å². The van der Waals surface area contributed by atoms with E-state index in [1.165, 1.54) is 0 Å². The Morgan fingerprint density at radius 3 is 2.46 bits per heavy atom. The van der Waals surface area contributed by atoms with Crippen LogP contribution in [0, 0.1) is 13.8 Å². The molecule has 0 aromatic heterocycles. The lowest BCUT2D eigenvalue weighted by Gasteiger charge is -2.20. The van der Waals surface area contributed by atoms with Crippen molar-refractivity contribution in [2.24, 2.45) is 0 Å². The summed E-state index contributed by atoms with van der Waals surface area (Å²) in [5.74, 6) is -0.0808. The maximum absolute atomic E-state index is 12.7. The van der Waals surface area contributed by atoms with Crippen molar-refractivity contribution in [1.82, 2.24) is 0 Å². The smallest absolute Gasteiger partial charge is 0.340 e. The number of benzene rings is 2. The van der Waals surface area contributed by atoms with Gasteiger partial charge in [0.1, 0.15) is 5.75 Å². The lowest BCUT2D eigenvalue weighted by atomic mass is 10.1. The number of carbonyl (C=O) groups excluding carboxylic acids is 2. The Labute approximate surface area is 154 Å². The topological polar surface area (TPSA) is 64.6 Å². The molecule has 1 atom stereocenters. The molecule has 138 valence electrons. The number of nitrogens with one attached hydrogen (secondary N) is 1. The molecule has 0 heterocycles. The van der Waals surface area contributed by atoms with Gasteiger partial charge in [-0.25, -0.2) is 4.79 Å². The number of rotatable bonds is 7. The first-order chi connectivity index (χ1) is 12.5. The monoisotopic (exact) mass is 355 g/mol. The van der Waals surface area contributed by atoms with Crippen LogP contribution in [0.25, 0.3) is 0 Å². The first-order valence-corrected chi connectivity index (χ1v) is 8.77. The maximum atomic E-state index is 12.7. The molecule has 0 radical (unpaired) electrons. The van der Waals surface area contributed by atoms with Crippen molar-refractivity contribution >= 4 is 17.6 Å². The molecule has 0 aliphatic carbocycles. The van der Waals surface area contributed by atoms with Crippen molar-refractivity contribution in [2.75, 3.05) is 11.9 Å². The third-order valence-electron chi connectivity index (χ3n) is 4.17. The van der Waals surface area contributed by atoms with Crippen LogP contribution in [0.15, 0.2) is 42.5 Å². The summed E-state index contributed by atoms with van der Waals surface area (Å²) in [5, 5.41) is 2.79. The fourth-order valence-corrected chi connectivity index (χ4v) is 2.52. The first kappa shape index (κ1) is 19.5. The summed E-state index contributed by atoms with van der Waals surface area (Å²) >= 11 is 0. The molecule has 26 heavy (non-hydrogen) atoms. The van der Waals surface area contributed by atoms with Gasteiger partial charge in [0, 0.05) is 0 Å². The molecule has 5 heteroatoms. The van der Waals surface area contributed by atoms with Crippen LogP contribution in [0.3, 0.4) is 0 Å². The molecule has 0 fully saturated rings. The fourth-order valence-electron chi connectivity index (χ4n) is 2.52. The zero-order valence-corrected chi connectivity index (χ0v) is 15.7. The highest BCUT2D eigenvalue weighted by atomic mass is 16.5. The SMILES string of the molecule is CCOC(=O)c1ccccc1NC(=O)[C@@H](CC)Oc1cccc(C)c1C. The minimum absolute atomic E-state index is 0.272. The average molecular weight is 355 g/mol. The van der Waals surface area contributed by atoms with Crippen LogP contribution in [-0.2, 0) is 9.53 Å². The highest BCUT2D eigenvalue weighted by Crippen LogP contribution is 2.23. The zero-order valence-electron chi connectivity index (χ0n) is 15.7. The molecule has 1 amide bonds. The van der Waals surface area contributed by atoms with Crippen molar-refractivity contribution in [2.45, 2.75) is 40.2 Å². The quantitative estimate of drug-likeness (QED) is 0.753. The summed E-state index contributed by atoms with van der Waals surface area (Å²) in [5.41, 5.74) is 2.85. The Hall–Kier alpha value is -2.82. The maximum Gasteiger partial charge on any atom is 0.340 e. The predicted molar refractivity (Wildman–Crippen MR) is 102 cm³/mol. The van der Waals surface area contributed by atoms with Crippen LogP contribution in [-0.4, -0.2) is 24.6 Å². The van der Waals surface area contributed by atoms with Gasteiger partial charge in [-0.05, 0) is 56.5 Å². The van der Waals surface area contributed by atoms with Crippen LogP contribution in [0.4, 0.5) is 5.69 Å². The summed E-state index contributed by atoms with van der Waals surface area (Å²) in [6, 6.07) is 12.5. The number of amides is 1. The van der Waals surface area contributed by atoms with Gasteiger partial charge in [0.2, 0.25) is 0 Å². The lowest BCUT2D eigenvalue weighted by Crippen LogP contribution is -2.33. The number of carbonyl (C=O) groups is 2. The van der Waals surface area contributed by atoms with E-state index in [1.807, 2.05) is 39.0 Å². The van der Waals surface area contributed by atoms with E-state index >= 15 is 0 Å². The number of para-hydroxylation sites is 1. The molecule has 0 spiro atoms. The molecule has 0 aliphatic rings. The Morgan fingerprint density at radius 2 is 1.77 bits per heavy atom. The van der Waals surface area contributed by atoms with E-state index in [-0.39, 0.29) is 12.5 Å². The highest BCUT2D eigenvalue weighted by Gasteiger charge is 2.22. The molecule has 0 aliphatic heterocycles. The molecule has 0 unspecified atom stereocenters. The molecule has 1 N–H and O–H groups in total. The van der Waals surface area contributed by atoms with Crippen LogP contribution < -0.4 is 10.1 Å². The van der Waals surface area contributed by atoms with Crippen LogP contribution in [0.1, 0.15) is 41.8 Å². The van der Waals surface area contributed by atoms with Gasteiger partial charge in [0.25, 0.3) is 5.91 Å². The molecule has 5 nitrogen and oxygen atoms in total. The van der Waals surface area contributed by atoms with E-state index in [0.717, 1.165) is 11.1 Å². The van der Waals surface area contributed by atoms with E-state index in [0.29, 0.717) is 23.4 Å². The van der Waals surface area contributed by atoms with Gasteiger partial charge in [-0.1, -0.05) is 31.2 Å². The van der Waals surface area contributed by atoms with Crippen molar-refractivity contribution in [3.8, 4) is 5.75 Å². The molecule has 2 aromatic carbocycles. The number of esters is 1. The number of aryl methyl sites for hydroxylation is 1. The van der Waals surface area contributed by atoms with E-state index in [4.69, 9.17) is 9.47 Å². The Kier molecular flexibility index (Phi) is 6.78. The molecular weight excluding hydrogens is 330 g/mol. The second-order valence-corrected chi connectivity index (χ2v) is 5.97.